The molecule has 1 aromatic carbocycles. The molecule has 0 atom stereocenters. The smallest absolute Gasteiger partial charge is 0.240 e. The number of aromatic hydroxyl groups is 1. The average Bonchev–Trinajstić information content (AvgIpc) is 2.96. The van der Waals surface area contributed by atoms with Crippen molar-refractivity contribution >= 4 is 26.6 Å². The lowest BCUT2D eigenvalue weighted by Gasteiger charge is -2.09. The maximum atomic E-state index is 12.2. The van der Waals surface area contributed by atoms with Gasteiger partial charge in [-0.2, -0.15) is 0 Å². The minimum Gasteiger partial charge on any atom is -0.493 e. The predicted molar refractivity (Wildman–Crippen MR) is 76.8 cm³/mol. The van der Waals surface area contributed by atoms with Crippen LogP contribution in [0.2, 0.25) is 0 Å². The van der Waals surface area contributed by atoms with Crippen molar-refractivity contribution in [1.82, 2.24) is 14.6 Å². The minimum absolute atomic E-state index is 0.112. The molecular formula is C12H14N4O4S. The third-order valence-electron chi connectivity index (χ3n) is 3.74. The van der Waals surface area contributed by atoms with Gasteiger partial charge in [0, 0.05) is 18.5 Å². The molecule has 2 aromatic rings. The number of aromatic nitrogens is 1. The van der Waals surface area contributed by atoms with Crippen LogP contribution in [0.3, 0.4) is 0 Å². The molecular weight excluding hydrogens is 296 g/mol. The number of sulfonamides is 1. The Labute approximate surface area is 120 Å². The molecule has 9 heteroatoms. The van der Waals surface area contributed by atoms with Gasteiger partial charge >= 0.3 is 0 Å². The van der Waals surface area contributed by atoms with E-state index in [-0.39, 0.29) is 16.5 Å². The second-order valence-corrected chi connectivity index (χ2v) is 6.90. The Balaban J connectivity index is 2.45. The van der Waals surface area contributed by atoms with Gasteiger partial charge in [-0.1, -0.05) is 0 Å². The standard InChI is InChI=1S/C12H14N4O4S/c1-13-21(19,20)9-3-6-10(14-12(17)11(6)15-18)8-5-16(2)4-7(8)9/h3,13-14,17H,4-5H2,1-2H3. The number of nitrogens with one attached hydrogen (secondary N) is 2. The lowest BCUT2D eigenvalue weighted by atomic mass is 10.1. The van der Waals surface area contributed by atoms with Crippen LogP contribution < -0.4 is 4.72 Å². The molecule has 2 heterocycles. The second kappa shape index (κ2) is 4.52. The van der Waals surface area contributed by atoms with Crippen molar-refractivity contribution in [2.45, 2.75) is 18.0 Å². The highest BCUT2D eigenvalue weighted by molar-refractivity contribution is 7.89. The largest absolute Gasteiger partial charge is 0.493 e. The SMILES string of the molecule is CNS(=O)(=O)c1cc2c(N=O)c(O)[nH]c2c2c1CN(C)C2. The van der Waals surface area contributed by atoms with Gasteiger partial charge in [0.25, 0.3) is 0 Å². The topological polar surface area (TPSA) is 115 Å². The molecule has 0 bridgehead atoms. The molecule has 8 nitrogen and oxygen atoms in total. The molecule has 0 saturated carbocycles. The van der Waals surface area contributed by atoms with Gasteiger partial charge in [-0.25, -0.2) is 13.1 Å². The zero-order valence-electron chi connectivity index (χ0n) is 11.5. The van der Waals surface area contributed by atoms with Crippen LogP contribution in [0.25, 0.3) is 10.9 Å². The molecule has 0 radical (unpaired) electrons. The maximum Gasteiger partial charge on any atom is 0.240 e. The summed E-state index contributed by atoms with van der Waals surface area (Å²) in [5.74, 6) is -0.351. The molecule has 1 aliphatic rings. The van der Waals surface area contributed by atoms with Crippen molar-refractivity contribution in [3.8, 4) is 5.88 Å². The summed E-state index contributed by atoms with van der Waals surface area (Å²) in [6, 6.07) is 1.38. The summed E-state index contributed by atoms with van der Waals surface area (Å²) in [7, 11) is -0.474. The van der Waals surface area contributed by atoms with E-state index in [1.54, 1.807) is 0 Å². The number of rotatable bonds is 3. The lowest BCUT2D eigenvalue weighted by molar-refractivity contribution is 0.352. The Bertz CT molecular complexity index is 856. The van der Waals surface area contributed by atoms with Gasteiger partial charge in [0.05, 0.1) is 10.4 Å². The number of hydrogen-bond acceptors (Lipinski definition) is 6. The van der Waals surface area contributed by atoms with Crippen LogP contribution in [-0.2, 0) is 23.1 Å². The number of nitroso groups, excluding NO2 is 1. The Hall–Kier alpha value is -1.97. The number of aromatic amines is 1. The normalized spacial score (nSPS) is 15.5. The van der Waals surface area contributed by atoms with Crippen molar-refractivity contribution in [2.75, 3.05) is 14.1 Å². The highest BCUT2D eigenvalue weighted by atomic mass is 32.2. The van der Waals surface area contributed by atoms with E-state index in [1.807, 2.05) is 11.9 Å². The zero-order chi connectivity index (χ0) is 15.4. The third kappa shape index (κ3) is 1.93. The summed E-state index contributed by atoms with van der Waals surface area (Å²) in [4.78, 5) is 15.7. The van der Waals surface area contributed by atoms with E-state index >= 15 is 0 Å². The van der Waals surface area contributed by atoms with Crippen LogP contribution >= 0.6 is 0 Å². The molecule has 21 heavy (non-hydrogen) atoms. The van der Waals surface area contributed by atoms with Gasteiger partial charge in [-0.3, -0.25) is 4.90 Å². The van der Waals surface area contributed by atoms with Crippen LogP contribution in [-0.4, -0.2) is 37.5 Å². The molecule has 0 saturated heterocycles. The van der Waals surface area contributed by atoms with Crippen molar-refractivity contribution in [3.05, 3.63) is 22.1 Å². The average molecular weight is 310 g/mol. The lowest BCUT2D eigenvalue weighted by Crippen LogP contribution is -2.20. The number of hydrogen-bond donors (Lipinski definition) is 3. The fraction of sp³-hybridized carbons (Fsp3) is 0.333. The third-order valence-corrected chi connectivity index (χ3v) is 5.22. The van der Waals surface area contributed by atoms with Crippen LogP contribution in [0.4, 0.5) is 5.69 Å². The minimum atomic E-state index is -3.67. The fourth-order valence-electron chi connectivity index (χ4n) is 2.77. The Morgan fingerprint density at radius 2 is 2.05 bits per heavy atom. The first-order valence-corrected chi connectivity index (χ1v) is 7.72. The highest BCUT2D eigenvalue weighted by Gasteiger charge is 2.30. The first-order chi connectivity index (χ1) is 9.89. The molecule has 3 rings (SSSR count). The molecule has 3 N–H and O–H groups in total. The van der Waals surface area contributed by atoms with E-state index < -0.39 is 10.0 Å². The van der Waals surface area contributed by atoms with Crippen molar-refractivity contribution in [1.29, 1.82) is 0 Å². The second-order valence-electron chi connectivity index (χ2n) is 5.05. The van der Waals surface area contributed by atoms with E-state index in [9.17, 15) is 18.4 Å². The van der Waals surface area contributed by atoms with Gasteiger partial charge in [0.2, 0.25) is 15.9 Å². The number of H-pyrrole nitrogens is 1. The first kappa shape index (κ1) is 14.0. The van der Waals surface area contributed by atoms with Crippen molar-refractivity contribution in [2.24, 2.45) is 5.18 Å². The Kier molecular flexibility index (Phi) is 3.01. The first-order valence-electron chi connectivity index (χ1n) is 6.24. The molecule has 0 spiro atoms. The molecule has 0 amide bonds. The summed E-state index contributed by atoms with van der Waals surface area (Å²) in [6.45, 7) is 1.00. The van der Waals surface area contributed by atoms with Crippen LogP contribution in [0.5, 0.6) is 5.88 Å². The van der Waals surface area contributed by atoms with Crippen molar-refractivity contribution < 1.29 is 13.5 Å². The van der Waals surface area contributed by atoms with Gasteiger partial charge < -0.3 is 10.1 Å². The molecule has 1 aliphatic heterocycles. The van der Waals surface area contributed by atoms with Gasteiger partial charge in [-0.05, 0) is 36.5 Å². The predicted octanol–water partition coefficient (Wildman–Crippen LogP) is 1.12. The molecule has 0 fully saturated rings. The van der Waals surface area contributed by atoms with Crippen LogP contribution in [0.1, 0.15) is 11.1 Å². The molecule has 1 aromatic heterocycles. The number of benzene rings is 1. The summed E-state index contributed by atoms with van der Waals surface area (Å²) >= 11 is 0. The van der Waals surface area contributed by atoms with Gasteiger partial charge in [0.1, 0.15) is 0 Å². The van der Waals surface area contributed by atoms with E-state index in [2.05, 4.69) is 14.9 Å². The van der Waals surface area contributed by atoms with Crippen LogP contribution in [0, 0.1) is 4.91 Å². The molecule has 0 aliphatic carbocycles. The highest BCUT2D eigenvalue weighted by Crippen LogP contribution is 2.42. The van der Waals surface area contributed by atoms with E-state index in [4.69, 9.17) is 0 Å². The zero-order valence-corrected chi connectivity index (χ0v) is 12.3. The Morgan fingerprint density at radius 1 is 1.38 bits per heavy atom. The molecule has 0 unspecified atom stereocenters. The molecule has 112 valence electrons. The van der Waals surface area contributed by atoms with Gasteiger partial charge in [-0.15, -0.1) is 4.91 Å². The number of nitrogens with zero attached hydrogens (tertiary/aromatic N) is 2. The fourth-order valence-corrected chi connectivity index (χ4v) is 3.78. The number of fused-ring (bicyclic) bond motifs is 3. The van der Waals surface area contributed by atoms with Crippen LogP contribution in [0.15, 0.2) is 16.1 Å². The summed E-state index contributed by atoms with van der Waals surface area (Å²) < 4.78 is 26.7. The quantitative estimate of drug-likeness (QED) is 0.735. The summed E-state index contributed by atoms with van der Waals surface area (Å²) in [6.07, 6.45) is 0. The van der Waals surface area contributed by atoms with E-state index in [1.165, 1.54) is 13.1 Å². The maximum absolute atomic E-state index is 12.2. The Morgan fingerprint density at radius 3 is 2.67 bits per heavy atom. The monoisotopic (exact) mass is 310 g/mol. The summed E-state index contributed by atoms with van der Waals surface area (Å²) in [5, 5.41) is 12.9. The van der Waals surface area contributed by atoms with Crippen molar-refractivity contribution in [3.63, 3.8) is 0 Å². The van der Waals surface area contributed by atoms with Gasteiger partial charge in [0.15, 0.2) is 5.69 Å². The van der Waals surface area contributed by atoms with E-state index in [0.717, 1.165) is 5.56 Å². The summed E-state index contributed by atoms with van der Waals surface area (Å²) in [5.41, 5.74) is 1.80. The van der Waals surface area contributed by atoms with E-state index in [0.29, 0.717) is 29.6 Å².